The SMILES string of the molecule is CCc1nc2nc(-c3ccccc3)cc(-c3ccc(OC)cc3)n2n1. The Morgan fingerprint density at radius 1 is 0.920 bits per heavy atom. The minimum atomic E-state index is 0.615. The molecule has 2 aromatic heterocycles. The lowest BCUT2D eigenvalue weighted by Crippen LogP contribution is -1.99. The number of hydrogen-bond donors (Lipinski definition) is 0. The highest BCUT2D eigenvalue weighted by atomic mass is 16.5. The van der Waals surface area contributed by atoms with Gasteiger partial charge in [0.2, 0.25) is 0 Å². The number of nitrogens with zero attached hydrogens (tertiary/aromatic N) is 4. The summed E-state index contributed by atoms with van der Waals surface area (Å²) in [6.45, 7) is 2.04. The third-order valence-electron chi connectivity index (χ3n) is 4.13. The zero-order chi connectivity index (χ0) is 17.2. The van der Waals surface area contributed by atoms with Gasteiger partial charge >= 0.3 is 0 Å². The first-order valence-corrected chi connectivity index (χ1v) is 8.25. The van der Waals surface area contributed by atoms with E-state index in [-0.39, 0.29) is 0 Å². The lowest BCUT2D eigenvalue weighted by molar-refractivity contribution is 0.415. The van der Waals surface area contributed by atoms with Crippen LogP contribution in [0, 0.1) is 0 Å². The van der Waals surface area contributed by atoms with Crippen molar-refractivity contribution in [1.82, 2.24) is 19.6 Å². The van der Waals surface area contributed by atoms with E-state index in [1.54, 1.807) is 7.11 Å². The highest BCUT2D eigenvalue weighted by molar-refractivity contribution is 5.70. The molecule has 2 heterocycles. The summed E-state index contributed by atoms with van der Waals surface area (Å²) in [7, 11) is 1.66. The monoisotopic (exact) mass is 330 g/mol. The second-order valence-corrected chi connectivity index (χ2v) is 5.71. The van der Waals surface area contributed by atoms with Crippen LogP contribution >= 0.6 is 0 Å². The third kappa shape index (κ3) is 2.85. The maximum atomic E-state index is 5.26. The van der Waals surface area contributed by atoms with Gasteiger partial charge in [-0.2, -0.15) is 9.50 Å². The van der Waals surface area contributed by atoms with E-state index in [0.717, 1.165) is 40.5 Å². The van der Waals surface area contributed by atoms with Crippen molar-refractivity contribution in [3.63, 3.8) is 0 Å². The zero-order valence-corrected chi connectivity index (χ0v) is 14.2. The molecule has 0 amide bonds. The van der Waals surface area contributed by atoms with Crippen LogP contribution in [0.2, 0.25) is 0 Å². The van der Waals surface area contributed by atoms with Crippen molar-refractivity contribution in [3.8, 4) is 28.3 Å². The second-order valence-electron chi connectivity index (χ2n) is 5.71. The summed E-state index contributed by atoms with van der Waals surface area (Å²) in [6, 6.07) is 20.1. The van der Waals surface area contributed by atoms with Gasteiger partial charge in [-0.25, -0.2) is 4.98 Å². The van der Waals surface area contributed by atoms with E-state index in [2.05, 4.69) is 16.1 Å². The fourth-order valence-electron chi connectivity index (χ4n) is 2.78. The van der Waals surface area contributed by atoms with Crippen LogP contribution in [0.1, 0.15) is 12.7 Å². The maximum Gasteiger partial charge on any atom is 0.253 e. The average Bonchev–Trinajstić information content (AvgIpc) is 3.11. The first-order chi connectivity index (χ1) is 12.3. The molecule has 0 N–H and O–H groups in total. The number of aromatic nitrogens is 4. The molecule has 0 unspecified atom stereocenters. The number of fused-ring (bicyclic) bond motifs is 1. The lowest BCUT2D eigenvalue weighted by Gasteiger charge is -2.08. The van der Waals surface area contributed by atoms with Crippen LogP contribution < -0.4 is 4.74 Å². The van der Waals surface area contributed by atoms with Crippen molar-refractivity contribution in [2.75, 3.05) is 7.11 Å². The smallest absolute Gasteiger partial charge is 0.253 e. The molecule has 0 aliphatic heterocycles. The molecule has 0 saturated heterocycles. The molecule has 0 saturated carbocycles. The molecule has 0 spiro atoms. The Hall–Kier alpha value is -3.21. The topological polar surface area (TPSA) is 52.3 Å². The lowest BCUT2D eigenvalue weighted by atomic mass is 10.1. The van der Waals surface area contributed by atoms with Gasteiger partial charge in [-0.1, -0.05) is 37.3 Å². The molecule has 0 aliphatic rings. The molecule has 4 rings (SSSR count). The van der Waals surface area contributed by atoms with Crippen LogP contribution in [0.4, 0.5) is 0 Å². The van der Waals surface area contributed by atoms with Gasteiger partial charge in [0.1, 0.15) is 5.75 Å². The molecule has 0 radical (unpaired) electrons. The summed E-state index contributed by atoms with van der Waals surface area (Å²) >= 11 is 0. The summed E-state index contributed by atoms with van der Waals surface area (Å²) in [6.07, 6.45) is 0.770. The van der Waals surface area contributed by atoms with Gasteiger partial charge < -0.3 is 4.74 Å². The van der Waals surface area contributed by atoms with Crippen LogP contribution in [0.15, 0.2) is 60.7 Å². The second kappa shape index (κ2) is 6.36. The third-order valence-corrected chi connectivity index (χ3v) is 4.13. The van der Waals surface area contributed by atoms with Crippen molar-refractivity contribution in [2.24, 2.45) is 0 Å². The summed E-state index contributed by atoms with van der Waals surface area (Å²) in [5, 5.41) is 4.60. The molecule has 124 valence electrons. The van der Waals surface area contributed by atoms with E-state index >= 15 is 0 Å². The summed E-state index contributed by atoms with van der Waals surface area (Å²) in [4.78, 5) is 9.25. The minimum absolute atomic E-state index is 0.615. The van der Waals surface area contributed by atoms with Crippen molar-refractivity contribution >= 4 is 5.78 Å². The largest absolute Gasteiger partial charge is 0.497 e. The fourth-order valence-corrected chi connectivity index (χ4v) is 2.78. The first-order valence-electron chi connectivity index (χ1n) is 8.25. The number of aryl methyl sites for hydroxylation is 1. The number of ether oxygens (including phenoxy) is 1. The van der Waals surface area contributed by atoms with Crippen molar-refractivity contribution in [2.45, 2.75) is 13.3 Å². The molecule has 0 fully saturated rings. The van der Waals surface area contributed by atoms with Gasteiger partial charge in [-0.3, -0.25) is 0 Å². The van der Waals surface area contributed by atoms with E-state index in [0.29, 0.717) is 5.78 Å². The maximum absolute atomic E-state index is 5.26. The summed E-state index contributed by atoms with van der Waals surface area (Å²) in [5.41, 5.74) is 3.94. The normalized spacial score (nSPS) is 11.0. The van der Waals surface area contributed by atoms with E-state index in [9.17, 15) is 0 Å². The van der Waals surface area contributed by atoms with Gasteiger partial charge in [-0.15, -0.1) is 5.10 Å². The Kier molecular flexibility index (Phi) is 3.90. The molecule has 0 atom stereocenters. The van der Waals surface area contributed by atoms with E-state index in [4.69, 9.17) is 9.72 Å². The standard InChI is InChI=1S/C20H18N4O/c1-3-19-22-20-21-17(14-7-5-4-6-8-14)13-18(24(20)23-19)15-9-11-16(25-2)12-10-15/h4-13H,3H2,1-2H3. The average molecular weight is 330 g/mol. The first kappa shape index (κ1) is 15.3. The van der Waals surface area contributed by atoms with Crippen molar-refractivity contribution < 1.29 is 4.74 Å². The van der Waals surface area contributed by atoms with Crippen LogP contribution in [-0.2, 0) is 6.42 Å². The van der Waals surface area contributed by atoms with Crippen molar-refractivity contribution in [1.29, 1.82) is 0 Å². The Balaban J connectivity index is 1.94. The molecule has 0 aliphatic carbocycles. The van der Waals surface area contributed by atoms with E-state index in [1.165, 1.54) is 0 Å². The van der Waals surface area contributed by atoms with Gasteiger partial charge in [0.15, 0.2) is 5.82 Å². The number of benzene rings is 2. The molecule has 0 bridgehead atoms. The quantitative estimate of drug-likeness (QED) is 0.567. The molecule has 5 heteroatoms. The van der Waals surface area contributed by atoms with Crippen molar-refractivity contribution in [3.05, 3.63) is 66.5 Å². The molecule has 4 aromatic rings. The van der Waals surface area contributed by atoms with E-state index < -0.39 is 0 Å². The number of rotatable bonds is 4. The number of methoxy groups -OCH3 is 1. The molecule has 5 nitrogen and oxygen atoms in total. The highest BCUT2D eigenvalue weighted by Gasteiger charge is 2.13. The van der Waals surface area contributed by atoms with Crippen LogP contribution in [0.25, 0.3) is 28.3 Å². The van der Waals surface area contributed by atoms with E-state index in [1.807, 2.05) is 66.0 Å². The Morgan fingerprint density at radius 3 is 2.36 bits per heavy atom. The molecular weight excluding hydrogens is 312 g/mol. The summed E-state index contributed by atoms with van der Waals surface area (Å²) < 4.78 is 7.07. The Labute approximate surface area is 145 Å². The Bertz CT molecular complexity index is 1010. The van der Waals surface area contributed by atoms with Gasteiger partial charge in [0.05, 0.1) is 18.5 Å². The van der Waals surface area contributed by atoms with Gasteiger partial charge in [0, 0.05) is 17.5 Å². The molecular formula is C20H18N4O. The highest BCUT2D eigenvalue weighted by Crippen LogP contribution is 2.27. The van der Waals surface area contributed by atoms with Gasteiger partial charge in [0.25, 0.3) is 5.78 Å². The molecule has 25 heavy (non-hydrogen) atoms. The van der Waals surface area contributed by atoms with Gasteiger partial charge in [-0.05, 0) is 30.3 Å². The number of hydrogen-bond acceptors (Lipinski definition) is 4. The summed E-state index contributed by atoms with van der Waals surface area (Å²) in [5.74, 6) is 2.22. The zero-order valence-electron chi connectivity index (χ0n) is 14.2. The fraction of sp³-hybridized carbons (Fsp3) is 0.150. The minimum Gasteiger partial charge on any atom is -0.497 e. The molecule has 2 aromatic carbocycles. The van der Waals surface area contributed by atoms with Crippen LogP contribution in [0.3, 0.4) is 0 Å². The predicted octanol–water partition coefficient (Wildman–Crippen LogP) is 4.03. The van der Waals surface area contributed by atoms with Crippen LogP contribution in [0.5, 0.6) is 5.75 Å². The Morgan fingerprint density at radius 2 is 1.68 bits per heavy atom. The predicted molar refractivity (Wildman–Crippen MR) is 97.6 cm³/mol. The van der Waals surface area contributed by atoms with Crippen LogP contribution in [-0.4, -0.2) is 26.7 Å².